The van der Waals surface area contributed by atoms with E-state index in [1.165, 1.54) is 17.7 Å². The molecule has 104 valence electrons. The average Bonchev–Trinajstić information content (AvgIpc) is 2.91. The lowest BCUT2D eigenvalue weighted by Gasteiger charge is -2.37. The molecule has 3 rings (SSSR count). The molecule has 3 heteroatoms. The number of hydrogen-bond donors (Lipinski definition) is 1. The summed E-state index contributed by atoms with van der Waals surface area (Å²) in [6.07, 6.45) is 1.91. The smallest absolute Gasteiger partial charge is 0.0726 e. The van der Waals surface area contributed by atoms with Crippen molar-refractivity contribution in [1.82, 2.24) is 5.32 Å². The molecule has 2 aliphatic rings. The number of nitrogens with one attached hydrogen (secondary N) is 1. The maximum atomic E-state index is 5.79. The first-order chi connectivity index (χ1) is 9.22. The standard InChI is InChI=1S/C16H24N2O/c1-12-10-18(11-13(2)19-12)16-5-3-14(4-6-16)15-7-8-17-9-15/h3-6,12-13,15,17H,7-11H2,1-2H3. The van der Waals surface area contributed by atoms with Gasteiger partial charge in [0.2, 0.25) is 0 Å². The number of benzene rings is 1. The lowest BCUT2D eigenvalue weighted by molar-refractivity contribution is -0.00521. The van der Waals surface area contributed by atoms with E-state index in [1.54, 1.807) is 0 Å². The van der Waals surface area contributed by atoms with E-state index in [-0.39, 0.29) is 0 Å². The van der Waals surface area contributed by atoms with Gasteiger partial charge in [-0.05, 0) is 50.4 Å². The molecular formula is C16H24N2O. The highest BCUT2D eigenvalue weighted by molar-refractivity contribution is 5.49. The van der Waals surface area contributed by atoms with Crippen LogP contribution in [0.15, 0.2) is 24.3 Å². The summed E-state index contributed by atoms with van der Waals surface area (Å²) in [6.45, 7) is 8.58. The zero-order chi connectivity index (χ0) is 13.2. The van der Waals surface area contributed by atoms with Gasteiger partial charge in [0.15, 0.2) is 0 Å². The van der Waals surface area contributed by atoms with Crippen LogP contribution in [0.2, 0.25) is 0 Å². The number of morpholine rings is 1. The third-order valence-electron chi connectivity index (χ3n) is 4.21. The Morgan fingerprint density at radius 3 is 2.37 bits per heavy atom. The van der Waals surface area contributed by atoms with E-state index in [4.69, 9.17) is 4.74 Å². The molecule has 3 unspecified atom stereocenters. The van der Waals surface area contributed by atoms with Crippen LogP contribution in [0, 0.1) is 0 Å². The minimum atomic E-state index is 0.322. The number of ether oxygens (including phenoxy) is 1. The number of hydrogen-bond acceptors (Lipinski definition) is 3. The van der Waals surface area contributed by atoms with Gasteiger partial charge in [-0.25, -0.2) is 0 Å². The van der Waals surface area contributed by atoms with Crippen molar-refractivity contribution in [3.05, 3.63) is 29.8 Å². The van der Waals surface area contributed by atoms with E-state index in [9.17, 15) is 0 Å². The SMILES string of the molecule is CC1CN(c2ccc(C3CCNC3)cc2)CC(C)O1. The van der Waals surface area contributed by atoms with Crippen molar-refractivity contribution in [3.63, 3.8) is 0 Å². The van der Waals surface area contributed by atoms with Crippen molar-refractivity contribution in [1.29, 1.82) is 0 Å². The molecule has 1 N–H and O–H groups in total. The van der Waals surface area contributed by atoms with Gasteiger partial charge in [0.05, 0.1) is 12.2 Å². The van der Waals surface area contributed by atoms with Gasteiger partial charge in [-0.15, -0.1) is 0 Å². The second kappa shape index (κ2) is 5.51. The highest BCUT2D eigenvalue weighted by atomic mass is 16.5. The second-order valence-electron chi connectivity index (χ2n) is 5.94. The van der Waals surface area contributed by atoms with E-state index in [0.29, 0.717) is 18.1 Å². The minimum Gasteiger partial charge on any atom is -0.372 e. The van der Waals surface area contributed by atoms with Crippen LogP contribution in [-0.4, -0.2) is 38.4 Å². The fourth-order valence-corrected chi connectivity index (χ4v) is 3.29. The van der Waals surface area contributed by atoms with E-state index < -0.39 is 0 Å². The molecule has 0 spiro atoms. The Morgan fingerprint density at radius 2 is 1.79 bits per heavy atom. The summed E-state index contributed by atoms with van der Waals surface area (Å²) in [6, 6.07) is 9.16. The number of anilines is 1. The molecule has 0 aliphatic carbocycles. The van der Waals surface area contributed by atoms with Crippen LogP contribution >= 0.6 is 0 Å². The molecule has 1 aromatic carbocycles. The van der Waals surface area contributed by atoms with E-state index in [1.807, 2.05) is 0 Å². The molecule has 3 nitrogen and oxygen atoms in total. The molecule has 0 saturated carbocycles. The Morgan fingerprint density at radius 1 is 1.11 bits per heavy atom. The zero-order valence-corrected chi connectivity index (χ0v) is 11.9. The van der Waals surface area contributed by atoms with Gasteiger partial charge >= 0.3 is 0 Å². The quantitative estimate of drug-likeness (QED) is 0.883. The van der Waals surface area contributed by atoms with Crippen molar-refractivity contribution in [2.24, 2.45) is 0 Å². The minimum absolute atomic E-state index is 0.322. The summed E-state index contributed by atoms with van der Waals surface area (Å²) in [5.74, 6) is 0.705. The largest absolute Gasteiger partial charge is 0.372 e. The second-order valence-corrected chi connectivity index (χ2v) is 5.94. The molecule has 2 saturated heterocycles. The summed E-state index contributed by atoms with van der Waals surface area (Å²) in [5, 5.41) is 3.43. The Bertz CT molecular complexity index is 401. The first kappa shape index (κ1) is 12.9. The molecule has 0 bridgehead atoms. The summed E-state index contributed by atoms with van der Waals surface area (Å²) < 4.78 is 5.79. The van der Waals surface area contributed by atoms with Crippen molar-refractivity contribution < 1.29 is 4.74 Å². The summed E-state index contributed by atoms with van der Waals surface area (Å²) >= 11 is 0. The Hall–Kier alpha value is -1.06. The van der Waals surface area contributed by atoms with Gasteiger partial charge in [-0.2, -0.15) is 0 Å². The Kier molecular flexibility index (Phi) is 3.76. The summed E-state index contributed by atoms with van der Waals surface area (Å²) in [5.41, 5.74) is 2.81. The van der Waals surface area contributed by atoms with Crippen molar-refractivity contribution >= 4 is 5.69 Å². The normalized spacial score (nSPS) is 31.7. The van der Waals surface area contributed by atoms with Gasteiger partial charge < -0.3 is 15.0 Å². The monoisotopic (exact) mass is 260 g/mol. The van der Waals surface area contributed by atoms with Crippen LogP contribution in [0.1, 0.15) is 31.7 Å². The fraction of sp³-hybridized carbons (Fsp3) is 0.625. The highest BCUT2D eigenvalue weighted by Crippen LogP contribution is 2.26. The van der Waals surface area contributed by atoms with Crippen LogP contribution in [-0.2, 0) is 4.74 Å². The van der Waals surface area contributed by atoms with E-state index in [0.717, 1.165) is 26.2 Å². The maximum Gasteiger partial charge on any atom is 0.0726 e. The predicted molar refractivity (Wildman–Crippen MR) is 78.9 cm³/mol. The fourth-order valence-electron chi connectivity index (χ4n) is 3.29. The van der Waals surface area contributed by atoms with E-state index in [2.05, 4.69) is 48.3 Å². The first-order valence-electron chi connectivity index (χ1n) is 7.43. The Balaban J connectivity index is 1.71. The van der Waals surface area contributed by atoms with Gasteiger partial charge in [0, 0.05) is 25.3 Å². The number of rotatable bonds is 2. The van der Waals surface area contributed by atoms with Crippen molar-refractivity contribution in [2.45, 2.75) is 38.4 Å². The van der Waals surface area contributed by atoms with Crippen LogP contribution in [0.5, 0.6) is 0 Å². The Labute approximate surface area is 115 Å². The molecule has 1 aromatic rings. The molecule has 2 aliphatic heterocycles. The van der Waals surface area contributed by atoms with Crippen molar-refractivity contribution in [3.8, 4) is 0 Å². The maximum absolute atomic E-state index is 5.79. The van der Waals surface area contributed by atoms with Gasteiger partial charge in [0.25, 0.3) is 0 Å². The van der Waals surface area contributed by atoms with Gasteiger partial charge in [-0.3, -0.25) is 0 Å². The van der Waals surface area contributed by atoms with E-state index >= 15 is 0 Å². The first-order valence-corrected chi connectivity index (χ1v) is 7.43. The zero-order valence-electron chi connectivity index (χ0n) is 11.9. The molecule has 3 atom stereocenters. The number of nitrogens with zero attached hydrogens (tertiary/aromatic N) is 1. The van der Waals surface area contributed by atoms with Crippen LogP contribution in [0.3, 0.4) is 0 Å². The topological polar surface area (TPSA) is 24.5 Å². The highest BCUT2D eigenvalue weighted by Gasteiger charge is 2.23. The molecular weight excluding hydrogens is 236 g/mol. The third kappa shape index (κ3) is 2.93. The van der Waals surface area contributed by atoms with Gasteiger partial charge in [-0.1, -0.05) is 12.1 Å². The summed E-state index contributed by atoms with van der Waals surface area (Å²) in [7, 11) is 0. The van der Waals surface area contributed by atoms with Crippen molar-refractivity contribution in [2.75, 3.05) is 31.1 Å². The molecule has 0 radical (unpaired) electrons. The lowest BCUT2D eigenvalue weighted by atomic mass is 9.98. The average molecular weight is 260 g/mol. The summed E-state index contributed by atoms with van der Waals surface area (Å²) in [4.78, 5) is 2.44. The molecule has 0 aromatic heterocycles. The molecule has 19 heavy (non-hydrogen) atoms. The van der Waals surface area contributed by atoms with Crippen LogP contribution < -0.4 is 10.2 Å². The van der Waals surface area contributed by atoms with Crippen LogP contribution in [0.4, 0.5) is 5.69 Å². The molecule has 2 heterocycles. The third-order valence-corrected chi connectivity index (χ3v) is 4.21. The lowest BCUT2D eigenvalue weighted by Crippen LogP contribution is -2.45. The predicted octanol–water partition coefficient (Wildman–Crippen LogP) is 2.38. The molecule has 2 fully saturated rings. The van der Waals surface area contributed by atoms with Crippen LogP contribution in [0.25, 0.3) is 0 Å². The molecule has 0 amide bonds. The van der Waals surface area contributed by atoms with Gasteiger partial charge in [0.1, 0.15) is 0 Å².